The molecule has 0 aromatic carbocycles. The highest BCUT2D eigenvalue weighted by molar-refractivity contribution is 5.40. The normalized spacial score (nSPS) is 28.9. The largest absolute Gasteiger partial charge is 0.388 e. The maximum Gasteiger partial charge on any atom is 0.0297 e. The summed E-state index contributed by atoms with van der Waals surface area (Å²) in [6.07, 6.45) is 9.17. The van der Waals surface area contributed by atoms with Crippen molar-refractivity contribution in [2.75, 3.05) is 7.05 Å². The van der Waals surface area contributed by atoms with Crippen LogP contribution in [0, 0.1) is 5.92 Å². The van der Waals surface area contributed by atoms with Gasteiger partial charge in [-0.3, -0.25) is 0 Å². The van der Waals surface area contributed by atoms with E-state index < -0.39 is 0 Å². The molecule has 0 spiro atoms. The Morgan fingerprint density at radius 3 is 2.64 bits per heavy atom. The van der Waals surface area contributed by atoms with Crippen molar-refractivity contribution in [3.8, 4) is 0 Å². The summed E-state index contributed by atoms with van der Waals surface area (Å²) in [7, 11) is 1.97. The summed E-state index contributed by atoms with van der Waals surface area (Å²) in [6.45, 7) is 6.52. The lowest BCUT2D eigenvalue weighted by molar-refractivity contribution is 0.696. The topological polar surface area (TPSA) is 12.0 Å². The fourth-order valence-electron chi connectivity index (χ4n) is 2.10. The highest BCUT2D eigenvalue weighted by atomic mass is 14.8. The van der Waals surface area contributed by atoms with Gasteiger partial charge < -0.3 is 5.32 Å². The maximum absolute atomic E-state index is 3.20. The molecule has 1 nitrogen and oxygen atoms in total. The molecule has 78 valence electrons. The van der Waals surface area contributed by atoms with Gasteiger partial charge in [0.15, 0.2) is 0 Å². The van der Waals surface area contributed by atoms with E-state index in [0.29, 0.717) is 0 Å². The van der Waals surface area contributed by atoms with Crippen LogP contribution in [-0.2, 0) is 0 Å². The van der Waals surface area contributed by atoms with Crippen molar-refractivity contribution in [2.45, 2.75) is 33.6 Å². The van der Waals surface area contributed by atoms with E-state index in [0.717, 1.165) is 5.92 Å². The summed E-state index contributed by atoms with van der Waals surface area (Å²) in [5.41, 5.74) is 4.25. The van der Waals surface area contributed by atoms with E-state index in [1.807, 2.05) is 7.05 Å². The van der Waals surface area contributed by atoms with Crippen molar-refractivity contribution in [1.29, 1.82) is 0 Å². The Labute approximate surface area is 87.6 Å². The molecule has 0 aromatic rings. The summed E-state index contributed by atoms with van der Waals surface area (Å²) < 4.78 is 0. The number of nitrogens with one attached hydrogen (secondary N) is 1. The van der Waals surface area contributed by atoms with Crippen LogP contribution < -0.4 is 5.32 Å². The predicted octanol–water partition coefficient (Wildman–Crippen LogP) is 3.41. The van der Waals surface area contributed by atoms with Gasteiger partial charge in [0.1, 0.15) is 0 Å². The van der Waals surface area contributed by atoms with Crippen LogP contribution in [0.5, 0.6) is 0 Å². The van der Waals surface area contributed by atoms with Crippen LogP contribution in [0.4, 0.5) is 0 Å². The number of likely N-dealkylation sites (N-methyl/N-ethyl adjacent to an activating group) is 1. The second-order valence-electron chi connectivity index (χ2n) is 3.85. The maximum atomic E-state index is 3.20. The summed E-state index contributed by atoms with van der Waals surface area (Å²) in [5.74, 6) is 0.737. The SMILES string of the molecule is CC=C1/C(=C\C(=C/C)NC)CCC1C. The first-order chi connectivity index (χ1) is 6.72. The molecule has 1 heteroatoms. The zero-order valence-electron chi connectivity index (χ0n) is 9.72. The molecule has 0 aliphatic heterocycles. The third-order valence-electron chi connectivity index (χ3n) is 2.99. The Kier molecular flexibility index (Phi) is 3.99. The molecular formula is C13H21N. The molecule has 0 radical (unpaired) electrons. The monoisotopic (exact) mass is 191 g/mol. The fourth-order valence-corrected chi connectivity index (χ4v) is 2.10. The van der Waals surface area contributed by atoms with E-state index >= 15 is 0 Å². The quantitative estimate of drug-likeness (QED) is 0.705. The Hall–Kier alpha value is -0.980. The third-order valence-corrected chi connectivity index (χ3v) is 2.99. The second kappa shape index (κ2) is 5.04. The molecule has 0 amide bonds. The van der Waals surface area contributed by atoms with Crippen LogP contribution in [0.2, 0.25) is 0 Å². The van der Waals surface area contributed by atoms with Crippen LogP contribution in [0.1, 0.15) is 33.6 Å². The molecule has 1 fully saturated rings. The number of hydrogen-bond donors (Lipinski definition) is 1. The second-order valence-corrected chi connectivity index (χ2v) is 3.85. The molecule has 1 aliphatic carbocycles. The lowest BCUT2D eigenvalue weighted by Crippen LogP contribution is -2.03. The van der Waals surface area contributed by atoms with Gasteiger partial charge in [0, 0.05) is 12.7 Å². The molecule has 0 aromatic heterocycles. The molecule has 0 heterocycles. The van der Waals surface area contributed by atoms with Crippen LogP contribution in [0.15, 0.2) is 35.1 Å². The zero-order valence-corrected chi connectivity index (χ0v) is 9.72. The minimum Gasteiger partial charge on any atom is -0.388 e. The van der Waals surface area contributed by atoms with Gasteiger partial charge in [-0.1, -0.05) is 19.1 Å². The molecule has 1 saturated carbocycles. The van der Waals surface area contributed by atoms with Gasteiger partial charge in [0.2, 0.25) is 0 Å². The minimum atomic E-state index is 0.737. The van der Waals surface area contributed by atoms with Gasteiger partial charge in [-0.25, -0.2) is 0 Å². The van der Waals surface area contributed by atoms with Crippen molar-refractivity contribution >= 4 is 0 Å². The van der Waals surface area contributed by atoms with E-state index in [4.69, 9.17) is 0 Å². The Morgan fingerprint density at radius 2 is 2.14 bits per heavy atom. The summed E-state index contributed by atoms with van der Waals surface area (Å²) in [5, 5.41) is 3.20. The van der Waals surface area contributed by atoms with Crippen LogP contribution in [0.3, 0.4) is 0 Å². The first-order valence-electron chi connectivity index (χ1n) is 5.44. The van der Waals surface area contributed by atoms with Crippen molar-refractivity contribution < 1.29 is 0 Å². The van der Waals surface area contributed by atoms with E-state index in [1.165, 1.54) is 29.7 Å². The molecule has 1 atom stereocenters. The average Bonchev–Trinajstić information content (AvgIpc) is 2.55. The molecule has 1 rings (SSSR count). The molecule has 1 unspecified atom stereocenters. The van der Waals surface area contributed by atoms with Crippen LogP contribution >= 0.6 is 0 Å². The van der Waals surface area contributed by atoms with E-state index in [9.17, 15) is 0 Å². The standard InChI is InChI=1S/C13H21N/c1-5-12(14-4)9-11-8-7-10(3)13(11)6-2/h5-6,9-10,14H,7-8H2,1-4H3/b11-9-,12-5+,13-6?. The van der Waals surface area contributed by atoms with E-state index in [-0.39, 0.29) is 0 Å². The third kappa shape index (κ3) is 2.28. The Balaban J connectivity index is 2.88. The van der Waals surface area contributed by atoms with Gasteiger partial charge >= 0.3 is 0 Å². The van der Waals surface area contributed by atoms with Crippen molar-refractivity contribution in [3.05, 3.63) is 35.1 Å². The van der Waals surface area contributed by atoms with E-state index in [2.05, 4.69) is 44.3 Å². The lowest BCUT2D eigenvalue weighted by Gasteiger charge is -2.06. The van der Waals surface area contributed by atoms with Gasteiger partial charge in [-0.15, -0.1) is 0 Å². The van der Waals surface area contributed by atoms with Crippen molar-refractivity contribution in [2.24, 2.45) is 5.92 Å². The predicted molar refractivity (Wildman–Crippen MR) is 63.1 cm³/mol. The number of allylic oxidation sites excluding steroid dienone is 5. The molecule has 1 N–H and O–H groups in total. The van der Waals surface area contributed by atoms with Gasteiger partial charge in [-0.2, -0.15) is 0 Å². The number of hydrogen-bond acceptors (Lipinski definition) is 1. The molecule has 0 bridgehead atoms. The number of rotatable bonds is 2. The van der Waals surface area contributed by atoms with Gasteiger partial charge in [0.25, 0.3) is 0 Å². The molecule has 14 heavy (non-hydrogen) atoms. The smallest absolute Gasteiger partial charge is 0.0297 e. The molecule has 1 aliphatic rings. The average molecular weight is 191 g/mol. The fraction of sp³-hybridized carbons (Fsp3) is 0.538. The summed E-state index contributed by atoms with van der Waals surface area (Å²) >= 11 is 0. The van der Waals surface area contributed by atoms with Crippen molar-refractivity contribution in [3.63, 3.8) is 0 Å². The first kappa shape index (κ1) is 11.1. The molecule has 0 saturated heterocycles. The minimum absolute atomic E-state index is 0.737. The Morgan fingerprint density at radius 1 is 1.43 bits per heavy atom. The summed E-state index contributed by atoms with van der Waals surface area (Å²) in [4.78, 5) is 0. The molecular weight excluding hydrogens is 170 g/mol. The van der Waals surface area contributed by atoms with Gasteiger partial charge in [-0.05, 0) is 49.8 Å². The summed E-state index contributed by atoms with van der Waals surface area (Å²) in [6, 6.07) is 0. The lowest BCUT2D eigenvalue weighted by atomic mass is 10.0. The van der Waals surface area contributed by atoms with Crippen LogP contribution in [0.25, 0.3) is 0 Å². The Bertz CT molecular complexity index is 282. The highest BCUT2D eigenvalue weighted by Gasteiger charge is 2.20. The first-order valence-corrected chi connectivity index (χ1v) is 5.44. The zero-order chi connectivity index (χ0) is 10.6. The van der Waals surface area contributed by atoms with E-state index in [1.54, 1.807) is 0 Å². The van der Waals surface area contributed by atoms with Gasteiger partial charge in [0.05, 0.1) is 0 Å². The van der Waals surface area contributed by atoms with Crippen molar-refractivity contribution in [1.82, 2.24) is 5.32 Å². The van der Waals surface area contributed by atoms with Crippen LogP contribution in [-0.4, -0.2) is 7.05 Å². The highest BCUT2D eigenvalue weighted by Crippen LogP contribution is 2.35.